The lowest BCUT2D eigenvalue weighted by Gasteiger charge is -2.46. The summed E-state index contributed by atoms with van der Waals surface area (Å²) < 4.78 is 23.0. The highest BCUT2D eigenvalue weighted by Crippen LogP contribution is 2.48. The van der Waals surface area contributed by atoms with E-state index in [4.69, 9.17) is 18.6 Å². The fourth-order valence-corrected chi connectivity index (χ4v) is 5.28. The Hall–Kier alpha value is -3.37. The summed E-state index contributed by atoms with van der Waals surface area (Å²) in [4.78, 5) is 13.2. The molecule has 5 rings (SSSR count). The van der Waals surface area contributed by atoms with Crippen molar-refractivity contribution in [2.45, 2.75) is 50.8 Å². The maximum Gasteiger partial charge on any atom is 0.344 e. The molecule has 9 heteroatoms. The molecule has 0 amide bonds. The van der Waals surface area contributed by atoms with Crippen molar-refractivity contribution in [3.63, 3.8) is 0 Å². The number of methoxy groups -OCH3 is 2. The van der Waals surface area contributed by atoms with Crippen molar-refractivity contribution in [3.05, 3.63) is 51.9 Å². The van der Waals surface area contributed by atoms with Crippen LogP contribution in [-0.2, 0) is 4.74 Å². The van der Waals surface area contributed by atoms with Gasteiger partial charge in [0.1, 0.15) is 46.7 Å². The number of aromatic hydroxyl groups is 1. The van der Waals surface area contributed by atoms with Crippen LogP contribution in [0.3, 0.4) is 0 Å². The minimum atomic E-state index is -1.89. The van der Waals surface area contributed by atoms with E-state index in [1.165, 1.54) is 33.3 Å². The number of phenols is 1. The molecule has 1 saturated heterocycles. The third-order valence-corrected chi connectivity index (χ3v) is 7.18. The molecule has 1 fully saturated rings. The summed E-state index contributed by atoms with van der Waals surface area (Å²) in [5.74, 6) is 0.607. The third kappa shape index (κ3) is 3.35. The Kier molecular flexibility index (Phi) is 5.64. The Labute approximate surface area is 206 Å². The standard InChI is InChI=1S/C27H28O9/c1-11-8-15-19(17(9-11)33-4)14-10-18(34-5)21-16(28)7-6-13(20(21)22(14)36-26(15)31)23-25(30)27(3,32)24(29)12(2)35-23/h6-10,12,23-25,28-30,32H,1-5H3/t12?,23-,24+,25?,27+/m0/s1. The molecule has 0 radical (unpaired) electrons. The fraction of sp³-hybridized carbons (Fsp3) is 0.370. The molecule has 0 bridgehead atoms. The van der Waals surface area contributed by atoms with Gasteiger partial charge in [-0.2, -0.15) is 0 Å². The van der Waals surface area contributed by atoms with Crippen molar-refractivity contribution in [2.75, 3.05) is 14.2 Å². The first kappa shape index (κ1) is 24.3. The number of fused-ring (bicyclic) bond motifs is 5. The summed E-state index contributed by atoms with van der Waals surface area (Å²) in [7, 11) is 2.95. The molecular formula is C27H28O9. The Morgan fingerprint density at radius 2 is 1.61 bits per heavy atom. The van der Waals surface area contributed by atoms with Crippen LogP contribution in [0.4, 0.5) is 0 Å². The van der Waals surface area contributed by atoms with E-state index >= 15 is 0 Å². The van der Waals surface area contributed by atoms with Crippen molar-refractivity contribution >= 4 is 32.5 Å². The predicted octanol–water partition coefficient (Wildman–Crippen LogP) is 3.06. The quantitative estimate of drug-likeness (QED) is 0.249. The number of phenolic OH excluding ortho intramolecular Hbond substituents is 1. The number of aliphatic hydroxyl groups excluding tert-OH is 2. The van der Waals surface area contributed by atoms with Gasteiger partial charge in [-0.15, -0.1) is 0 Å². The molecule has 36 heavy (non-hydrogen) atoms. The highest BCUT2D eigenvalue weighted by Gasteiger charge is 2.51. The lowest BCUT2D eigenvalue weighted by atomic mass is 9.80. The van der Waals surface area contributed by atoms with Gasteiger partial charge in [0.2, 0.25) is 0 Å². The average molecular weight is 497 g/mol. The SMILES string of the molecule is COc1cc2c(oc(=O)c3cc(C)cc(OC)c32)c2c([C@@H]3OC(C)[C@@H](O)[C@@](C)(O)C3O)ccc(O)c12. The first-order valence-corrected chi connectivity index (χ1v) is 11.5. The second-order valence-corrected chi connectivity index (χ2v) is 9.54. The summed E-state index contributed by atoms with van der Waals surface area (Å²) >= 11 is 0. The average Bonchev–Trinajstić information content (AvgIpc) is 2.85. The molecule has 1 aliphatic heterocycles. The van der Waals surface area contributed by atoms with Crippen LogP contribution in [0.1, 0.15) is 31.1 Å². The van der Waals surface area contributed by atoms with E-state index in [0.29, 0.717) is 33.2 Å². The van der Waals surface area contributed by atoms with Crippen LogP contribution in [0.15, 0.2) is 39.5 Å². The zero-order valence-corrected chi connectivity index (χ0v) is 20.5. The summed E-state index contributed by atoms with van der Waals surface area (Å²) in [6, 6.07) is 8.11. The van der Waals surface area contributed by atoms with Gasteiger partial charge in [-0.25, -0.2) is 4.79 Å². The largest absolute Gasteiger partial charge is 0.507 e. The number of aliphatic hydroxyl groups is 3. The molecule has 4 aromatic rings. The van der Waals surface area contributed by atoms with Gasteiger partial charge in [0.15, 0.2) is 0 Å². The molecule has 190 valence electrons. The molecule has 2 heterocycles. The van der Waals surface area contributed by atoms with Crippen LogP contribution < -0.4 is 15.1 Å². The predicted molar refractivity (Wildman–Crippen MR) is 133 cm³/mol. The number of ether oxygens (including phenoxy) is 3. The molecule has 5 atom stereocenters. The van der Waals surface area contributed by atoms with Crippen LogP contribution in [0.25, 0.3) is 32.5 Å². The van der Waals surface area contributed by atoms with Crippen molar-refractivity contribution in [1.29, 1.82) is 0 Å². The molecule has 2 unspecified atom stereocenters. The Bertz CT molecular complexity index is 1570. The van der Waals surface area contributed by atoms with Gasteiger partial charge < -0.3 is 39.1 Å². The topological polar surface area (TPSA) is 139 Å². The number of hydrogen-bond donors (Lipinski definition) is 4. The van der Waals surface area contributed by atoms with Gasteiger partial charge >= 0.3 is 5.63 Å². The maximum atomic E-state index is 13.2. The maximum absolute atomic E-state index is 13.2. The first-order chi connectivity index (χ1) is 17.0. The summed E-state index contributed by atoms with van der Waals surface area (Å²) in [6.07, 6.45) is -4.84. The van der Waals surface area contributed by atoms with Crippen LogP contribution in [0.5, 0.6) is 17.2 Å². The Balaban J connectivity index is 1.97. The van der Waals surface area contributed by atoms with E-state index in [1.54, 1.807) is 25.1 Å². The second-order valence-electron chi connectivity index (χ2n) is 9.54. The van der Waals surface area contributed by atoms with E-state index in [0.717, 1.165) is 5.56 Å². The van der Waals surface area contributed by atoms with Gasteiger partial charge in [-0.3, -0.25) is 0 Å². The van der Waals surface area contributed by atoms with Crippen LogP contribution in [-0.4, -0.2) is 58.6 Å². The van der Waals surface area contributed by atoms with Crippen LogP contribution >= 0.6 is 0 Å². The smallest absolute Gasteiger partial charge is 0.344 e. The number of hydrogen-bond acceptors (Lipinski definition) is 9. The summed E-state index contributed by atoms with van der Waals surface area (Å²) in [6.45, 7) is 4.75. The van der Waals surface area contributed by atoms with Crippen molar-refractivity contribution in [1.82, 2.24) is 0 Å². The van der Waals surface area contributed by atoms with E-state index in [1.807, 2.05) is 6.92 Å². The van der Waals surface area contributed by atoms with E-state index in [-0.39, 0.29) is 22.1 Å². The molecule has 0 spiro atoms. The number of benzene rings is 3. The molecule has 3 aromatic carbocycles. The van der Waals surface area contributed by atoms with E-state index in [2.05, 4.69) is 0 Å². The van der Waals surface area contributed by atoms with Gasteiger partial charge in [0.05, 0.1) is 31.1 Å². The number of aryl methyl sites for hydroxylation is 1. The van der Waals surface area contributed by atoms with E-state index in [9.17, 15) is 25.2 Å². The fourth-order valence-electron chi connectivity index (χ4n) is 5.28. The van der Waals surface area contributed by atoms with Gasteiger partial charge in [0, 0.05) is 16.2 Å². The van der Waals surface area contributed by atoms with Gasteiger partial charge in [-0.1, -0.05) is 6.07 Å². The molecule has 0 saturated carbocycles. The summed E-state index contributed by atoms with van der Waals surface area (Å²) in [5.41, 5.74) is -1.22. The lowest BCUT2D eigenvalue weighted by Crippen LogP contribution is -2.61. The molecule has 1 aliphatic rings. The minimum Gasteiger partial charge on any atom is -0.507 e. The van der Waals surface area contributed by atoms with Crippen LogP contribution in [0, 0.1) is 6.92 Å². The minimum absolute atomic E-state index is 0.130. The van der Waals surface area contributed by atoms with Crippen molar-refractivity contribution in [2.24, 2.45) is 0 Å². The van der Waals surface area contributed by atoms with Gasteiger partial charge in [0.25, 0.3) is 0 Å². The molecule has 1 aromatic heterocycles. The van der Waals surface area contributed by atoms with Crippen LogP contribution in [0.2, 0.25) is 0 Å². The summed E-state index contributed by atoms with van der Waals surface area (Å²) in [5, 5.41) is 45.0. The third-order valence-electron chi connectivity index (χ3n) is 7.18. The normalized spacial score (nSPS) is 26.6. The lowest BCUT2D eigenvalue weighted by molar-refractivity contribution is -0.261. The van der Waals surface area contributed by atoms with Crippen molar-refractivity contribution < 1.29 is 39.1 Å². The zero-order chi connectivity index (χ0) is 26.1. The molecular weight excluding hydrogens is 468 g/mol. The van der Waals surface area contributed by atoms with Crippen molar-refractivity contribution in [3.8, 4) is 17.2 Å². The Morgan fingerprint density at radius 3 is 2.28 bits per heavy atom. The molecule has 9 nitrogen and oxygen atoms in total. The zero-order valence-electron chi connectivity index (χ0n) is 20.5. The second kappa shape index (κ2) is 8.35. The molecule has 4 N–H and O–H groups in total. The number of rotatable bonds is 3. The Morgan fingerprint density at radius 1 is 0.944 bits per heavy atom. The highest BCUT2D eigenvalue weighted by atomic mass is 16.5. The van der Waals surface area contributed by atoms with E-state index < -0.39 is 35.6 Å². The van der Waals surface area contributed by atoms with Gasteiger partial charge in [-0.05, 0) is 56.2 Å². The molecule has 0 aliphatic carbocycles. The monoisotopic (exact) mass is 496 g/mol. The highest BCUT2D eigenvalue weighted by molar-refractivity contribution is 6.19. The first-order valence-electron chi connectivity index (χ1n) is 11.5.